The summed E-state index contributed by atoms with van der Waals surface area (Å²) in [6, 6.07) is 15.9. The Kier molecular flexibility index (Phi) is 7.40. The summed E-state index contributed by atoms with van der Waals surface area (Å²) in [5.74, 6) is 1.29. The van der Waals surface area contributed by atoms with Gasteiger partial charge in [-0.2, -0.15) is 5.26 Å². The molecule has 2 aromatic rings. The standard InChI is InChI=1S/C17H18ClN5S/c1-20-17(22-12-19)21-10-11-24-16(13-6-3-2-4-7-13)14-8-5-9-15(18)23-14/h2-9,16H,10-11H2,1H3,(H2,20,21,22). The monoisotopic (exact) mass is 359 g/mol. The Hall–Kier alpha value is -2.23. The van der Waals surface area contributed by atoms with Gasteiger partial charge in [0.15, 0.2) is 6.19 Å². The maximum atomic E-state index is 8.63. The van der Waals surface area contributed by atoms with Gasteiger partial charge >= 0.3 is 0 Å². The molecule has 1 aromatic heterocycles. The van der Waals surface area contributed by atoms with Crippen LogP contribution in [-0.2, 0) is 0 Å². The van der Waals surface area contributed by atoms with E-state index in [0.717, 1.165) is 11.4 Å². The SMILES string of the molecule is CN=C(NC#N)NCCSC(c1ccccc1)c1cccc(Cl)n1. The van der Waals surface area contributed by atoms with E-state index in [1.54, 1.807) is 24.9 Å². The summed E-state index contributed by atoms with van der Waals surface area (Å²) >= 11 is 7.80. The van der Waals surface area contributed by atoms with E-state index in [1.165, 1.54) is 5.56 Å². The van der Waals surface area contributed by atoms with Crippen LogP contribution < -0.4 is 10.6 Å². The lowest BCUT2D eigenvalue weighted by atomic mass is 10.1. The van der Waals surface area contributed by atoms with Gasteiger partial charge in [0.25, 0.3) is 0 Å². The highest BCUT2D eigenvalue weighted by Crippen LogP contribution is 2.34. The van der Waals surface area contributed by atoms with Gasteiger partial charge in [0.1, 0.15) is 5.15 Å². The van der Waals surface area contributed by atoms with E-state index in [0.29, 0.717) is 17.7 Å². The van der Waals surface area contributed by atoms with Gasteiger partial charge in [-0.1, -0.05) is 48.0 Å². The van der Waals surface area contributed by atoms with Gasteiger partial charge in [-0.15, -0.1) is 11.8 Å². The van der Waals surface area contributed by atoms with Crippen molar-refractivity contribution in [3.8, 4) is 6.19 Å². The fraction of sp³-hybridized carbons (Fsp3) is 0.235. The number of nitriles is 1. The van der Waals surface area contributed by atoms with E-state index < -0.39 is 0 Å². The fourth-order valence-electron chi connectivity index (χ4n) is 2.13. The number of rotatable bonds is 6. The van der Waals surface area contributed by atoms with Gasteiger partial charge in [0.2, 0.25) is 5.96 Å². The smallest absolute Gasteiger partial charge is 0.204 e. The number of hydrogen-bond donors (Lipinski definition) is 2. The molecule has 2 rings (SSSR count). The molecule has 0 amide bonds. The van der Waals surface area contributed by atoms with Crippen LogP contribution in [0, 0.1) is 11.5 Å². The van der Waals surface area contributed by atoms with Crippen LogP contribution in [0.5, 0.6) is 0 Å². The van der Waals surface area contributed by atoms with Crippen molar-refractivity contribution >= 4 is 29.3 Å². The first-order valence-electron chi connectivity index (χ1n) is 7.39. The molecule has 24 heavy (non-hydrogen) atoms. The third kappa shape index (κ3) is 5.44. The van der Waals surface area contributed by atoms with Crippen molar-refractivity contribution in [1.82, 2.24) is 15.6 Å². The fourth-order valence-corrected chi connectivity index (χ4v) is 3.41. The van der Waals surface area contributed by atoms with Crippen LogP contribution in [0.4, 0.5) is 0 Å². The van der Waals surface area contributed by atoms with Crippen molar-refractivity contribution in [3.63, 3.8) is 0 Å². The van der Waals surface area contributed by atoms with Crippen LogP contribution in [0.3, 0.4) is 0 Å². The molecule has 124 valence electrons. The number of thioether (sulfide) groups is 1. The lowest BCUT2D eigenvalue weighted by molar-refractivity contribution is 0.927. The Labute approximate surface area is 151 Å². The minimum atomic E-state index is 0.0950. The van der Waals surface area contributed by atoms with E-state index in [4.69, 9.17) is 16.9 Å². The van der Waals surface area contributed by atoms with E-state index in [1.807, 2.05) is 36.5 Å². The van der Waals surface area contributed by atoms with E-state index >= 15 is 0 Å². The summed E-state index contributed by atoms with van der Waals surface area (Å²) in [5.41, 5.74) is 2.11. The molecule has 0 saturated heterocycles. The predicted molar refractivity (Wildman–Crippen MR) is 100 cm³/mol. The van der Waals surface area contributed by atoms with E-state index in [9.17, 15) is 0 Å². The summed E-state index contributed by atoms with van der Waals surface area (Å²) in [6.07, 6.45) is 1.85. The van der Waals surface area contributed by atoms with Crippen molar-refractivity contribution < 1.29 is 0 Å². The first-order chi connectivity index (χ1) is 11.7. The number of benzene rings is 1. The number of guanidine groups is 1. The summed E-state index contributed by atoms with van der Waals surface area (Å²) < 4.78 is 0. The van der Waals surface area contributed by atoms with Crippen LogP contribution in [0.25, 0.3) is 0 Å². The zero-order valence-electron chi connectivity index (χ0n) is 13.2. The molecule has 0 aliphatic carbocycles. The maximum absolute atomic E-state index is 8.63. The van der Waals surface area contributed by atoms with Gasteiger partial charge in [-0.3, -0.25) is 10.3 Å². The van der Waals surface area contributed by atoms with Gasteiger partial charge in [0, 0.05) is 19.3 Å². The molecule has 7 heteroatoms. The molecule has 0 aliphatic heterocycles. The summed E-state index contributed by atoms with van der Waals surface area (Å²) in [7, 11) is 1.63. The molecular formula is C17H18ClN5S. The maximum Gasteiger partial charge on any atom is 0.204 e. The first kappa shape index (κ1) is 18.1. The molecule has 5 nitrogen and oxygen atoms in total. The second-order valence-corrected chi connectivity index (χ2v) is 6.38. The lowest BCUT2D eigenvalue weighted by Gasteiger charge is -2.17. The molecule has 0 fully saturated rings. The van der Waals surface area contributed by atoms with Crippen LogP contribution in [0.1, 0.15) is 16.5 Å². The second-order valence-electron chi connectivity index (χ2n) is 4.78. The van der Waals surface area contributed by atoms with Gasteiger partial charge in [-0.05, 0) is 17.7 Å². The minimum absolute atomic E-state index is 0.0950. The zero-order valence-corrected chi connectivity index (χ0v) is 14.8. The quantitative estimate of drug-likeness (QED) is 0.207. The predicted octanol–water partition coefficient (Wildman–Crippen LogP) is 3.20. The molecule has 0 spiro atoms. The van der Waals surface area contributed by atoms with Crippen molar-refractivity contribution in [3.05, 3.63) is 64.9 Å². The molecule has 1 aromatic carbocycles. The molecule has 1 atom stereocenters. The highest BCUT2D eigenvalue weighted by molar-refractivity contribution is 7.99. The molecule has 2 N–H and O–H groups in total. The molecule has 0 bridgehead atoms. The third-order valence-electron chi connectivity index (χ3n) is 3.18. The van der Waals surface area contributed by atoms with Crippen molar-refractivity contribution in [2.75, 3.05) is 19.3 Å². The molecule has 0 saturated carbocycles. The summed E-state index contributed by atoms with van der Waals surface area (Å²) in [6.45, 7) is 0.677. The Morgan fingerprint density at radius 2 is 2.08 bits per heavy atom. The number of hydrogen-bond acceptors (Lipinski definition) is 4. The van der Waals surface area contributed by atoms with Gasteiger partial charge in [0.05, 0.1) is 10.9 Å². The average Bonchev–Trinajstić information content (AvgIpc) is 2.61. The molecular weight excluding hydrogens is 342 g/mol. The highest BCUT2D eigenvalue weighted by atomic mass is 35.5. The average molecular weight is 360 g/mol. The number of pyridine rings is 1. The van der Waals surface area contributed by atoms with Crippen molar-refractivity contribution in [2.24, 2.45) is 4.99 Å². The Morgan fingerprint density at radius 3 is 2.75 bits per heavy atom. The van der Waals surface area contributed by atoms with Gasteiger partial charge < -0.3 is 5.32 Å². The number of nitrogens with zero attached hydrogens (tertiary/aromatic N) is 3. The molecule has 0 radical (unpaired) electrons. The summed E-state index contributed by atoms with van der Waals surface area (Å²) in [4.78, 5) is 8.41. The topological polar surface area (TPSA) is 73.1 Å². The number of aliphatic imine (C=N–C) groups is 1. The highest BCUT2D eigenvalue weighted by Gasteiger charge is 2.16. The molecule has 1 unspecified atom stereocenters. The summed E-state index contributed by atoms with van der Waals surface area (Å²) in [5, 5.41) is 14.8. The van der Waals surface area contributed by atoms with Crippen molar-refractivity contribution in [2.45, 2.75) is 5.25 Å². The van der Waals surface area contributed by atoms with Crippen LogP contribution in [-0.4, -0.2) is 30.3 Å². The third-order valence-corrected chi connectivity index (χ3v) is 4.68. The minimum Gasteiger partial charge on any atom is -0.355 e. The van der Waals surface area contributed by atoms with Crippen molar-refractivity contribution in [1.29, 1.82) is 5.26 Å². The van der Waals surface area contributed by atoms with Crippen LogP contribution in [0.15, 0.2) is 53.5 Å². The Bertz CT molecular complexity index is 714. The van der Waals surface area contributed by atoms with Crippen LogP contribution in [0.2, 0.25) is 5.15 Å². The largest absolute Gasteiger partial charge is 0.355 e. The molecule has 1 heterocycles. The number of halogens is 1. The lowest BCUT2D eigenvalue weighted by Crippen LogP contribution is -2.35. The number of nitrogens with one attached hydrogen (secondary N) is 2. The van der Waals surface area contributed by atoms with E-state index in [-0.39, 0.29) is 5.25 Å². The number of aromatic nitrogens is 1. The van der Waals surface area contributed by atoms with E-state index in [2.05, 4.69) is 32.7 Å². The molecule has 0 aliphatic rings. The zero-order chi connectivity index (χ0) is 17.2. The Balaban J connectivity index is 2.04. The Morgan fingerprint density at radius 1 is 1.29 bits per heavy atom. The first-order valence-corrected chi connectivity index (χ1v) is 8.82. The second kappa shape index (κ2) is 9.81. The van der Waals surface area contributed by atoms with Gasteiger partial charge in [-0.25, -0.2) is 4.98 Å². The normalized spacial score (nSPS) is 12.3. The van der Waals surface area contributed by atoms with Crippen LogP contribution >= 0.6 is 23.4 Å².